The van der Waals surface area contributed by atoms with E-state index in [1.807, 2.05) is 30.3 Å². The Morgan fingerprint density at radius 1 is 1.18 bits per heavy atom. The minimum absolute atomic E-state index is 0.173. The first kappa shape index (κ1) is 11.5. The lowest BCUT2D eigenvalue weighted by atomic mass is 10.1. The number of hydrogen-bond donors (Lipinski definition) is 2. The molecule has 0 amide bonds. The van der Waals surface area contributed by atoms with Crippen LogP contribution in [0.3, 0.4) is 0 Å². The van der Waals surface area contributed by atoms with Crippen LogP contribution in [0.25, 0.3) is 0 Å². The molecule has 0 spiro atoms. The Bertz CT molecular complexity index is 523. The summed E-state index contributed by atoms with van der Waals surface area (Å²) in [7, 11) is 0. The highest BCUT2D eigenvalue weighted by atomic mass is 19.1. The van der Waals surface area contributed by atoms with Crippen molar-refractivity contribution < 1.29 is 4.39 Å². The van der Waals surface area contributed by atoms with E-state index in [4.69, 9.17) is 5.73 Å². The van der Waals surface area contributed by atoms with Crippen LogP contribution < -0.4 is 11.1 Å². The number of nitrogens with one attached hydrogen (secondary N) is 1. The molecule has 2 aromatic carbocycles. The highest BCUT2D eigenvalue weighted by molar-refractivity contribution is 5.65. The van der Waals surface area contributed by atoms with E-state index >= 15 is 0 Å². The lowest BCUT2D eigenvalue weighted by molar-refractivity contribution is 0.617. The molecule has 88 valence electrons. The van der Waals surface area contributed by atoms with E-state index in [0.29, 0.717) is 17.8 Å². The molecule has 0 saturated heterocycles. The van der Waals surface area contributed by atoms with Crippen molar-refractivity contribution in [2.75, 3.05) is 11.1 Å². The fourth-order valence-electron chi connectivity index (χ4n) is 1.67. The normalized spacial score (nSPS) is 10.2. The van der Waals surface area contributed by atoms with E-state index in [0.717, 1.165) is 11.3 Å². The summed E-state index contributed by atoms with van der Waals surface area (Å²) in [5, 5.41) is 3.23. The van der Waals surface area contributed by atoms with Crippen molar-refractivity contribution >= 4 is 11.4 Å². The zero-order valence-corrected chi connectivity index (χ0v) is 9.70. The number of anilines is 2. The van der Waals surface area contributed by atoms with E-state index in [2.05, 4.69) is 5.32 Å². The topological polar surface area (TPSA) is 38.0 Å². The van der Waals surface area contributed by atoms with E-state index in [1.165, 1.54) is 6.07 Å². The van der Waals surface area contributed by atoms with Crippen LogP contribution in [0.1, 0.15) is 11.1 Å². The highest BCUT2D eigenvalue weighted by Crippen LogP contribution is 2.18. The van der Waals surface area contributed by atoms with Gasteiger partial charge in [0.25, 0.3) is 0 Å². The number of rotatable bonds is 3. The van der Waals surface area contributed by atoms with Gasteiger partial charge in [-0.3, -0.25) is 0 Å². The molecule has 0 heterocycles. The zero-order chi connectivity index (χ0) is 12.3. The molecule has 2 rings (SSSR count). The van der Waals surface area contributed by atoms with E-state index in [9.17, 15) is 4.39 Å². The standard InChI is InChI=1S/C14H15FN2/c1-10-8-11(6-7-12(10)15)9-17-14-5-3-2-4-13(14)16/h2-8,17H,9,16H2,1H3. The van der Waals surface area contributed by atoms with Gasteiger partial charge in [0.15, 0.2) is 0 Å². The molecule has 3 heteroatoms. The van der Waals surface area contributed by atoms with Crippen molar-refractivity contribution in [1.29, 1.82) is 0 Å². The monoisotopic (exact) mass is 230 g/mol. The number of nitrogen functional groups attached to an aromatic ring is 1. The first-order chi connectivity index (χ1) is 8.16. The van der Waals surface area contributed by atoms with Crippen LogP contribution in [0.2, 0.25) is 0 Å². The zero-order valence-electron chi connectivity index (χ0n) is 9.70. The van der Waals surface area contributed by atoms with Gasteiger partial charge in [0.1, 0.15) is 5.82 Å². The van der Waals surface area contributed by atoms with Gasteiger partial charge < -0.3 is 11.1 Å². The van der Waals surface area contributed by atoms with E-state index in [1.54, 1.807) is 13.0 Å². The van der Waals surface area contributed by atoms with Crippen LogP contribution in [0.15, 0.2) is 42.5 Å². The summed E-state index contributed by atoms with van der Waals surface area (Å²) in [5.41, 5.74) is 9.12. The second kappa shape index (κ2) is 4.87. The molecule has 0 aliphatic rings. The molecule has 3 N–H and O–H groups in total. The largest absolute Gasteiger partial charge is 0.397 e. The van der Waals surface area contributed by atoms with Gasteiger partial charge in [-0.1, -0.05) is 24.3 Å². The first-order valence-electron chi connectivity index (χ1n) is 5.50. The average Bonchev–Trinajstić information content (AvgIpc) is 2.32. The van der Waals surface area contributed by atoms with Gasteiger partial charge in [-0.15, -0.1) is 0 Å². The maximum atomic E-state index is 13.1. The van der Waals surface area contributed by atoms with Gasteiger partial charge in [0.05, 0.1) is 11.4 Å². The smallest absolute Gasteiger partial charge is 0.126 e. The Morgan fingerprint density at radius 3 is 2.65 bits per heavy atom. The number of aryl methyl sites for hydroxylation is 1. The van der Waals surface area contributed by atoms with Gasteiger partial charge in [0, 0.05) is 6.54 Å². The van der Waals surface area contributed by atoms with Crippen molar-refractivity contribution in [3.63, 3.8) is 0 Å². The Kier molecular flexibility index (Phi) is 3.28. The summed E-state index contributed by atoms with van der Waals surface area (Å²) in [6, 6.07) is 12.7. The van der Waals surface area contributed by atoms with E-state index in [-0.39, 0.29) is 5.82 Å². The minimum Gasteiger partial charge on any atom is -0.397 e. The maximum absolute atomic E-state index is 13.1. The first-order valence-corrected chi connectivity index (χ1v) is 5.50. The fourth-order valence-corrected chi connectivity index (χ4v) is 1.67. The van der Waals surface area contributed by atoms with Gasteiger partial charge in [-0.2, -0.15) is 0 Å². The fraction of sp³-hybridized carbons (Fsp3) is 0.143. The van der Waals surface area contributed by atoms with Crippen LogP contribution >= 0.6 is 0 Å². The van der Waals surface area contributed by atoms with Crippen molar-refractivity contribution in [3.05, 3.63) is 59.4 Å². The third kappa shape index (κ3) is 2.75. The molecule has 0 unspecified atom stereocenters. The predicted octanol–water partition coefficient (Wildman–Crippen LogP) is 3.33. The second-order valence-corrected chi connectivity index (χ2v) is 4.02. The molecule has 0 aliphatic carbocycles. The molecular weight excluding hydrogens is 215 g/mol. The van der Waals surface area contributed by atoms with Crippen LogP contribution in [0.5, 0.6) is 0 Å². The second-order valence-electron chi connectivity index (χ2n) is 4.02. The Balaban J connectivity index is 2.08. The average molecular weight is 230 g/mol. The molecule has 0 radical (unpaired) electrons. The van der Waals surface area contributed by atoms with Gasteiger partial charge in [-0.05, 0) is 36.2 Å². The van der Waals surface area contributed by atoms with Crippen LogP contribution in [-0.4, -0.2) is 0 Å². The molecule has 0 fully saturated rings. The Morgan fingerprint density at radius 2 is 1.94 bits per heavy atom. The SMILES string of the molecule is Cc1cc(CNc2ccccc2N)ccc1F. The van der Waals surface area contributed by atoms with Crippen LogP contribution in [-0.2, 0) is 6.54 Å². The summed E-state index contributed by atoms with van der Waals surface area (Å²) in [5.74, 6) is -0.173. The van der Waals surface area contributed by atoms with E-state index < -0.39 is 0 Å². The lowest BCUT2D eigenvalue weighted by Crippen LogP contribution is -2.02. The number of hydrogen-bond acceptors (Lipinski definition) is 2. The van der Waals surface area contributed by atoms with Gasteiger partial charge >= 0.3 is 0 Å². The Hall–Kier alpha value is -2.03. The molecule has 17 heavy (non-hydrogen) atoms. The number of para-hydroxylation sites is 2. The third-order valence-corrected chi connectivity index (χ3v) is 2.67. The van der Waals surface area contributed by atoms with Crippen molar-refractivity contribution in [1.82, 2.24) is 0 Å². The summed E-state index contributed by atoms with van der Waals surface area (Å²) >= 11 is 0. The Labute approximate surface area is 100 Å². The quantitative estimate of drug-likeness (QED) is 0.794. The third-order valence-electron chi connectivity index (χ3n) is 2.67. The number of benzene rings is 2. The van der Waals surface area contributed by atoms with Gasteiger partial charge in [0.2, 0.25) is 0 Å². The molecule has 0 aliphatic heterocycles. The molecule has 0 bridgehead atoms. The summed E-state index contributed by atoms with van der Waals surface area (Å²) in [4.78, 5) is 0. The summed E-state index contributed by atoms with van der Waals surface area (Å²) in [6.45, 7) is 2.39. The molecule has 2 aromatic rings. The molecule has 0 saturated carbocycles. The van der Waals surface area contributed by atoms with Gasteiger partial charge in [-0.25, -0.2) is 4.39 Å². The minimum atomic E-state index is -0.173. The summed E-state index contributed by atoms with van der Waals surface area (Å²) < 4.78 is 13.1. The predicted molar refractivity (Wildman–Crippen MR) is 69.3 cm³/mol. The molecule has 0 aromatic heterocycles. The number of halogens is 1. The van der Waals surface area contributed by atoms with Crippen LogP contribution in [0.4, 0.5) is 15.8 Å². The maximum Gasteiger partial charge on any atom is 0.126 e. The van der Waals surface area contributed by atoms with Crippen molar-refractivity contribution in [2.45, 2.75) is 13.5 Å². The van der Waals surface area contributed by atoms with Crippen molar-refractivity contribution in [3.8, 4) is 0 Å². The van der Waals surface area contributed by atoms with Crippen LogP contribution in [0, 0.1) is 12.7 Å². The molecule has 2 nitrogen and oxygen atoms in total. The van der Waals surface area contributed by atoms with Crippen molar-refractivity contribution in [2.24, 2.45) is 0 Å². The number of nitrogens with two attached hydrogens (primary N) is 1. The molecular formula is C14H15FN2. The summed E-state index contributed by atoms with van der Waals surface area (Å²) in [6.07, 6.45) is 0. The molecule has 0 atom stereocenters. The highest BCUT2D eigenvalue weighted by Gasteiger charge is 2.00. The lowest BCUT2D eigenvalue weighted by Gasteiger charge is -2.09.